The molecule has 144 valence electrons. The van der Waals surface area contributed by atoms with Crippen molar-refractivity contribution in [2.75, 3.05) is 19.8 Å². The Kier molecular flexibility index (Phi) is 7.03. The molecule has 0 spiro atoms. The van der Waals surface area contributed by atoms with Crippen molar-refractivity contribution in [3.05, 3.63) is 35.5 Å². The minimum absolute atomic E-state index is 0.0809. The predicted molar refractivity (Wildman–Crippen MR) is 98.2 cm³/mol. The predicted octanol–water partition coefficient (Wildman–Crippen LogP) is 3.94. The molecule has 1 unspecified atom stereocenters. The van der Waals surface area contributed by atoms with Crippen LogP contribution in [0.1, 0.15) is 47.0 Å². The zero-order valence-electron chi connectivity index (χ0n) is 16.1. The first-order valence-corrected chi connectivity index (χ1v) is 9.16. The Morgan fingerprint density at radius 1 is 1.38 bits per heavy atom. The van der Waals surface area contributed by atoms with Crippen molar-refractivity contribution in [2.24, 2.45) is 5.92 Å². The number of hydrogen-bond acceptors (Lipinski definition) is 5. The van der Waals surface area contributed by atoms with Crippen molar-refractivity contribution in [1.29, 1.82) is 0 Å². The molecule has 1 heterocycles. The maximum absolute atomic E-state index is 12.3. The van der Waals surface area contributed by atoms with Gasteiger partial charge < -0.3 is 9.47 Å². The van der Waals surface area contributed by atoms with Crippen molar-refractivity contribution in [3.8, 4) is 0 Å². The Balaban J connectivity index is 2.20. The third-order valence-electron chi connectivity index (χ3n) is 3.97. The van der Waals surface area contributed by atoms with Gasteiger partial charge in [-0.15, -0.1) is 0 Å². The SMILES string of the molecule is CCOC(=O)/C=C1\C=C2\CN(C(=O)OC(C)(C)C)OCC2/C=C\CCC1. The van der Waals surface area contributed by atoms with Crippen molar-refractivity contribution in [3.63, 3.8) is 0 Å². The van der Waals surface area contributed by atoms with E-state index in [0.29, 0.717) is 19.8 Å². The summed E-state index contributed by atoms with van der Waals surface area (Å²) in [6.45, 7) is 8.27. The number of fused-ring (bicyclic) bond motifs is 1. The van der Waals surface area contributed by atoms with E-state index in [1.54, 1.807) is 13.0 Å². The van der Waals surface area contributed by atoms with E-state index in [1.807, 2.05) is 26.8 Å². The average Bonchev–Trinajstić information content (AvgIpc) is 2.62. The van der Waals surface area contributed by atoms with Gasteiger partial charge in [-0.3, -0.25) is 4.84 Å². The fraction of sp³-hybridized carbons (Fsp3) is 0.600. The van der Waals surface area contributed by atoms with Crippen LogP contribution in [0.2, 0.25) is 0 Å². The molecule has 1 saturated heterocycles. The number of nitrogens with zero attached hydrogens (tertiary/aromatic N) is 1. The van der Waals surface area contributed by atoms with Crippen LogP contribution in [0, 0.1) is 5.92 Å². The van der Waals surface area contributed by atoms with E-state index >= 15 is 0 Å². The fourth-order valence-corrected chi connectivity index (χ4v) is 2.81. The molecule has 2 aliphatic rings. The maximum Gasteiger partial charge on any atom is 0.434 e. The third kappa shape index (κ3) is 6.33. The highest BCUT2D eigenvalue weighted by atomic mass is 16.7. The lowest BCUT2D eigenvalue weighted by Crippen LogP contribution is -2.43. The minimum Gasteiger partial charge on any atom is -0.463 e. The van der Waals surface area contributed by atoms with Gasteiger partial charge in [-0.05, 0) is 58.1 Å². The lowest BCUT2D eigenvalue weighted by atomic mass is 9.95. The first-order valence-electron chi connectivity index (χ1n) is 9.16. The number of amides is 1. The normalized spacial score (nSPS) is 25.8. The topological polar surface area (TPSA) is 65.1 Å². The number of esters is 1. The van der Waals surface area contributed by atoms with Gasteiger partial charge in [-0.1, -0.05) is 18.2 Å². The first-order chi connectivity index (χ1) is 12.3. The highest BCUT2D eigenvalue weighted by molar-refractivity contribution is 5.83. The fourth-order valence-electron chi connectivity index (χ4n) is 2.81. The van der Waals surface area contributed by atoms with Crippen LogP contribution < -0.4 is 0 Å². The largest absolute Gasteiger partial charge is 0.463 e. The monoisotopic (exact) mass is 363 g/mol. The Bertz CT molecular complexity index is 612. The van der Waals surface area contributed by atoms with Gasteiger partial charge in [0.05, 0.1) is 19.8 Å². The molecule has 0 aromatic heterocycles. The zero-order valence-corrected chi connectivity index (χ0v) is 16.1. The molecule has 1 amide bonds. The average molecular weight is 363 g/mol. The summed E-state index contributed by atoms with van der Waals surface area (Å²) in [5.74, 6) is -0.253. The molecular formula is C20H29NO5. The summed E-state index contributed by atoms with van der Waals surface area (Å²) >= 11 is 0. The van der Waals surface area contributed by atoms with E-state index < -0.39 is 11.7 Å². The Morgan fingerprint density at radius 2 is 2.15 bits per heavy atom. The summed E-state index contributed by atoms with van der Waals surface area (Å²) in [6, 6.07) is 0. The molecule has 6 nitrogen and oxygen atoms in total. The molecular weight excluding hydrogens is 334 g/mol. The zero-order chi connectivity index (χ0) is 19.2. The molecule has 1 aliphatic carbocycles. The highest BCUT2D eigenvalue weighted by Crippen LogP contribution is 2.27. The summed E-state index contributed by atoms with van der Waals surface area (Å²) in [5, 5.41) is 1.25. The van der Waals surface area contributed by atoms with Crippen LogP contribution >= 0.6 is 0 Å². The number of carbonyl (C=O) groups excluding carboxylic acids is 2. The Morgan fingerprint density at radius 3 is 2.85 bits per heavy atom. The van der Waals surface area contributed by atoms with Gasteiger partial charge in [-0.25, -0.2) is 9.59 Å². The number of allylic oxidation sites excluding steroid dienone is 3. The molecule has 6 heteroatoms. The van der Waals surface area contributed by atoms with Crippen LogP contribution in [0.3, 0.4) is 0 Å². The lowest BCUT2D eigenvalue weighted by molar-refractivity contribution is -0.161. The van der Waals surface area contributed by atoms with E-state index in [4.69, 9.17) is 14.3 Å². The molecule has 0 bridgehead atoms. The molecule has 0 aromatic rings. The van der Waals surface area contributed by atoms with Gasteiger partial charge in [-0.2, -0.15) is 5.06 Å². The molecule has 0 saturated carbocycles. The first kappa shape index (κ1) is 20.2. The van der Waals surface area contributed by atoms with E-state index in [1.165, 1.54) is 5.06 Å². The Hall–Kier alpha value is -2.08. The van der Waals surface area contributed by atoms with E-state index in [0.717, 1.165) is 30.4 Å². The lowest BCUT2D eigenvalue weighted by Gasteiger charge is -2.33. The number of rotatable bonds is 2. The van der Waals surface area contributed by atoms with Gasteiger partial charge in [0, 0.05) is 12.0 Å². The maximum atomic E-state index is 12.3. The van der Waals surface area contributed by atoms with Crippen LogP contribution in [0.5, 0.6) is 0 Å². The molecule has 0 N–H and O–H groups in total. The van der Waals surface area contributed by atoms with Gasteiger partial charge >= 0.3 is 12.1 Å². The van der Waals surface area contributed by atoms with Crippen LogP contribution in [0.25, 0.3) is 0 Å². The van der Waals surface area contributed by atoms with E-state index in [2.05, 4.69) is 12.2 Å². The number of hydroxylamine groups is 2. The second kappa shape index (κ2) is 9.03. The van der Waals surface area contributed by atoms with Gasteiger partial charge in [0.1, 0.15) is 5.60 Å². The van der Waals surface area contributed by atoms with Crippen molar-refractivity contribution < 1.29 is 23.9 Å². The van der Waals surface area contributed by atoms with Gasteiger partial charge in [0.15, 0.2) is 0 Å². The second-order valence-corrected chi connectivity index (χ2v) is 7.43. The van der Waals surface area contributed by atoms with Crippen LogP contribution in [-0.2, 0) is 19.1 Å². The summed E-state index contributed by atoms with van der Waals surface area (Å²) < 4.78 is 10.4. The van der Waals surface area contributed by atoms with Gasteiger partial charge in [0.25, 0.3) is 0 Å². The number of carbonyl (C=O) groups is 2. The highest BCUT2D eigenvalue weighted by Gasteiger charge is 2.30. The molecule has 0 radical (unpaired) electrons. The third-order valence-corrected chi connectivity index (χ3v) is 3.97. The molecule has 1 atom stereocenters. The molecule has 1 fully saturated rings. The molecule has 0 aromatic carbocycles. The van der Waals surface area contributed by atoms with Gasteiger partial charge in [0.2, 0.25) is 0 Å². The van der Waals surface area contributed by atoms with Crippen molar-refractivity contribution in [2.45, 2.75) is 52.6 Å². The number of hydrogen-bond donors (Lipinski definition) is 0. The summed E-state index contributed by atoms with van der Waals surface area (Å²) in [5.41, 5.74) is 1.35. The molecule has 26 heavy (non-hydrogen) atoms. The Labute approximate surface area is 155 Å². The summed E-state index contributed by atoms with van der Waals surface area (Å²) in [7, 11) is 0. The number of ether oxygens (including phenoxy) is 2. The molecule has 1 aliphatic heterocycles. The minimum atomic E-state index is -0.584. The van der Waals surface area contributed by atoms with E-state index in [-0.39, 0.29) is 11.9 Å². The standard InChI is InChI=1S/C20H29NO5/c1-5-24-18(22)12-15-9-7-6-8-10-16-14-25-21(13-17(16)11-15)19(23)26-20(2,3)4/h8,10-12,16H,5-7,9,13-14H2,1-4H3/b10-8-,15-12-,17-11-. The second-order valence-electron chi connectivity index (χ2n) is 7.43. The summed E-state index contributed by atoms with van der Waals surface area (Å²) in [4.78, 5) is 29.7. The van der Waals surface area contributed by atoms with Crippen molar-refractivity contribution >= 4 is 12.1 Å². The van der Waals surface area contributed by atoms with E-state index in [9.17, 15) is 9.59 Å². The summed E-state index contributed by atoms with van der Waals surface area (Å²) in [6.07, 6.45) is 9.97. The molecule has 2 rings (SSSR count). The smallest absolute Gasteiger partial charge is 0.434 e. The van der Waals surface area contributed by atoms with Crippen LogP contribution in [0.15, 0.2) is 35.5 Å². The van der Waals surface area contributed by atoms with Crippen LogP contribution in [-0.4, -0.2) is 42.5 Å². The quantitative estimate of drug-likeness (QED) is 0.422. The van der Waals surface area contributed by atoms with Crippen molar-refractivity contribution in [1.82, 2.24) is 5.06 Å². The van der Waals surface area contributed by atoms with Crippen LogP contribution in [0.4, 0.5) is 4.79 Å².